The van der Waals surface area contributed by atoms with E-state index in [1.54, 1.807) is 6.33 Å². The van der Waals surface area contributed by atoms with E-state index in [1.165, 1.54) is 18.2 Å². The van der Waals surface area contributed by atoms with Gasteiger partial charge in [-0.15, -0.1) is 10.2 Å². The van der Waals surface area contributed by atoms with Gasteiger partial charge in [0, 0.05) is 6.61 Å². The summed E-state index contributed by atoms with van der Waals surface area (Å²) in [6.07, 6.45) is 5.18. The van der Waals surface area contributed by atoms with Crippen molar-refractivity contribution in [2.75, 3.05) is 12.4 Å². The fraction of sp³-hybridized carbons (Fsp3) is 0.700. The summed E-state index contributed by atoms with van der Waals surface area (Å²) in [7, 11) is 0. The predicted molar refractivity (Wildman–Crippen MR) is 62.0 cm³/mol. The van der Waals surface area contributed by atoms with Gasteiger partial charge in [0.2, 0.25) is 0 Å². The second-order valence-corrected chi connectivity index (χ2v) is 4.88. The highest BCUT2D eigenvalue weighted by atomic mass is 32.2. The number of carbonyl (C=O) groups is 1. The van der Waals surface area contributed by atoms with Crippen molar-refractivity contribution in [2.45, 2.75) is 37.1 Å². The van der Waals surface area contributed by atoms with Gasteiger partial charge in [0.15, 0.2) is 5.16 Å². The Labute approximate surface area is 103 Å². The first-order valence-corrected chi connectivity index (χ1v) is 6.58. The molecular formula is C10H15N3O3S. The van der Waals surface area contributed by atoms with Gasteiger partial charge >= 0.3 is 5.97 Å². The Morgan fingerprint density at radius 2 is 2.53 bits per heavy atom. The van der Waals surface area contributed by atoms with Gasteiger partial charge < -0.3 is 14.4 Å². The van der Waals surface area contributed by atoms with Crippen LogP contribution in [-0.4, -0.2) is 44.3 Å². The molecule has 1 aliphatic rings. The van der Waals surface area contributed by atoms with Gasteiger partial charge in [0.1, 0.15) is 6.33 Å². The largest absolute Gasteiger partial charge is 0.481 e. The number of aliphatic carboxylic acids is 1. The Balaban J connectivity index is 1.91. The molecule has 1 saturated heterocycles. The summed E-state index contributed by atoms with van der Waals surface area (Å²) >= 11 is 1.18. The second kappa shape index (κ2) is 6.02. The van der Waals surface area contributed by atoms with Crippen molar-refractivity contribution in [2.24, 2.45) is 0 Å². The zero-order chi connectivity index (χ0) is 12.1. The molecule has 1 aliphatic heterocycles. The number of carboxylic acid groups (broad SMARTS) is 1. The van der Waals surface area contributed by atoms with Crippen LogP contribution in [0.2, 0.25) is 0 Å². The molecule has 0 aliphatic carbocycles. The fourth-order valence-electron chi connectivity index (χ4n) is 1.78. The van der Waals surface area contributed by atoms with E-state index in [0.717, 1.165) is 19.4 Å². The van der Waals surface area contributed by atoms with Gasteiger partial charge in [-0.1, -0.05) is 11.8 Å². The van der Waals surface area contributed by atoms with Crippen LogP contribution in [0.15, 0.2) is 11.5 Å². The first-order chi connectivity index (χ1) is 8.25. The van der Waals surface area contributed by atoms with Gasteiger partial charge in [0.05, 0.1) is 18.4 Å². The topological polar surface area (TPSA) is 77.2 Å². The lowest BCUT2D eigenvalue weighted by molar-refractivity contribution is -0.133. The summed E-state index contributed by atoms with van der Waals surface area (Å²) < 4.78 is 7.49. The molecule has 17 heavy (non-hydrogen) atoms. The molecule has 2 heterocycles. The molecule has 1 N–H and O–H groups in total. The first-order valence-electron chi connectivity index (χ1n) is 5.59. The molecule has 1 aromatic rings. The molecule has 0 spiro atoms. The quantitative estimate of drug-likeness (QED) is 0.794. The van der Waals surface area contributed by atoms with Gasteiger partial charge in [-0.05, 0) is 19.3 Å². The third kappa shape index (κ3) is 3.71. The Bertz CT molecular complexity index is 377. The third-order valence-electron chi connectivity index (χ3n) is 2.58. The lowest BCUT2D eigenvalue weighted by Crippen LogP contribution is -2.24. The Kier molecular flexibility index (Phi) is 4.38. The first kappa shape index (κ1) is 12.4. The van der Waals surface area contributed by atoms with E-state index in [-0.39, 0.29) is 11.9 Å². The van der Waals surface area contributed by atoms with E-state index in [0.29, 0.717) is 11.7 Å². The van der Waals surface area contributed by atoms with E-state index in [2.05, 4.69) is 10.2 Å². The van der Waals surface area contributed by atoms with Crippen molar-refractivity contribution in [3.8, 4) is 0 Å². The van der Waals surface area contributed by atoms with Crippen LogP contribution in [0, 0.1) is 0 Å². The zero-order valence-electron chi connectivity index (χ0n) is 9.41. The van der Waals surface area contributed by atoms with Crippen molar-refractivity contribution in [3.63, 3.8) is 0 Å². The molecule has 1 aromatic heterocycles. The van der Waals surface area contributed by atoms with Crippen molar-refractivity contribution in [1.82, 2.24) is 14.8 Å². The van der Waals surface area contributed by atoms with Gasteiger partial charge in [0.25, 0.3) is 0 Å². The summed E-state index contributed by atoms with van der Waals surface area (Å²) in [5.74, 6) is -0.844. The van der Waals surface area contributed by atoms with Crippen LogP contribution in [0.4, 0.5) is 0 Å². The number of ether oxygens (including phenoxy) is 1. The van der Waals surface area contributed by atoms with Crippen molar-refractivity contribution in [3.05, 3.63) is 6.33 Å². The smallest absolute Gasteiger partial charge is 0.313 e. The second-order valence-electron chi connectivity index (χ2n) is 3.94. The molecular weight excluding hydrogens is 242 g/mol. The lowest BCUT2D eigenvalue weighted by Gasteiger charge is -2.23. The highest BCUT2D eigenvalue weighted by molar-refractivity contribution is 7.99. The minimum Gasteiger partial charge on any atom is -0.481 e. The number of nitrogens with zero attached hydrogens (tertiary/aromatic N) is 3. The summed E-state index contributed by atoms with van der Waals surface area (Å²) in [4.78, 5) is 10.5. The summed E-state index contributed by atoms with van der Waals surface area (Å²) in [6.45, 7) is 1.51. The van der Waals surface area contributed by atoms with Gasteiger partial charge in [-0.25, -0.2) is 0 Å². The Morgan fingerprint density at radius 3 is 3.24 bits per heavy atom. The van der Waals surface area contributed by atoms with E-state index in [1.807, 2.05) is 4.57 Å². The van der Waals surface area contributed by atoms with Crippen LogP contribution in [0.25, 0.3) is 0 Å². The Morgan fingerprint density at radius 1 is 1.65 bits per heavy atom. The van der Waals surface area contributed by atoms with Gasteiger partial charge in [-0.3, -0.25) is 4.79 Å². The van der Waals surface area contributed by atoms with Crippen LogP contribution >= 0.6 is 11.8 Å². The molecule has 2 rings (SSSR count). The van der Waals surface area contributed by atoms with Gasteiger partial charge in [-0.2, -0.15) is 0 Å². The lowest BCUT2D eigenvalue weighted by atomic mass is 10.1. The summed E-state index contributed by atoms with van der Waals surface area (Å²) in [5, 5.41) is 17.0. The highest BCUT2D eigenvalue weighted by Crippen LogP contribution is 2.18. The average molecular weight is 257 g/mol. The number of carboxylic acids is 1. The molecule has 1 unspecified atom stereocenters. The molecule has 0 amide bonds. The third-order valence-corrected chi connectivity index (χ3v) is 3.54. The molecule has 1 atom stereocenters. The summed E-state index contributed by atoms with van der Waals surface area (Å²) in [6, 6.07) is 0. The van der Waals surface area contributed by atoms with E-state index in [9.17, 15) is 4.79 Å². The maximum absolute atomic E-state index is 10.5. The van der Waals surface area contributed by atoms with E-state index < -0.39 is 5.97 Å². The van der Waals surface area contributed by atoms with Crippen LogP contribution < -0.4 is 0 Å². The molecule has 6 nitrogen and oxygen atoms in total. The number of aromatic nitrogens is 3. The maximum atomic E-state index is 10.5. The summed E-state index contributed by atoms with van der Waals surface area (Å²) in [5.41, 5.74) is 0. The normalized spacial score (nSPS) is 20.4. The Hall–Kier alpha value is -1.08. The fourth-order valence-corrected chi connectivity index (χ4v) is 2.42. The monoisotopic (exact) mass is 257 g/mol. The zero-order valence-corrected chi connectivity index (χ0v) is 10.2. The number of hydrogen-bond acceptors (Lipinski definition) is 5. The number of hydrogen-bond donors (Lipinski definition) is 1. The van der Waals surface area contributed by atoms with Crippen molar-refractivity contribution >= 4 is 17.7 Å². The molecule has 7 heteroatoms. The van der Waals surface area contributed by atoms with E-state index in [4.69, 9.17) is 9.84 Å². The molecule has 94 valence electrons. The van der Waals surface area contributed by atoms with Crippen LogP contribution in [0.3, 0.4) is 0 Å². The minimum atomic E-state index is -0.849. The van der Waals surface area contributed by atoms with Crippen LogP contribution in [0.5, 0.6) is 0 Å². The minimum absolute atomic E-state index is 0.00418. The number of thioether (sulfide) groups is 1. The highest BCUT2D eigenvalue weighted by Gasteiger charge is 2.16. The maximum Gasteiger partial charge on any atom is 0.313 e. The molecule has 0 radical (unpaired) electrons. The molecule has 0 aromatic carbocycles. The van der Waals surface area contributed by atoms with E-state index >= 15 is 0 Å². The van der Waals surface area contributed by atoms with Crippen molar-refractivity contribution in [1.29, 1.82) is 0 Å². The molecule has 1 fully saturated rings. The average Bonchev–Trinajstić information content (AvgIpc) is 2.75. The van der Waals surface area contributed by atoms with Crippen LogP contribution in [0.1, 0.15) is 19.3 Å². The van der Waals surface area contributed by atoms with Crippen molar-refractivity contribution < 1.29 is 14.6 Å². The predicted octanol–water partition coefficient (Wildman–Crippen LogP) is 1.02. The van der Waals surface area contributed by atoms with Crippen LogP contribution in [-0.2, 0) is 16.1 Å². The molecule has 0 saturated carbocycles. The SMILES string of the molecule is O=C(O)CSc1nncn1CC1CCCCO1. The number of rotatable bonds is 5. The molecule has 0 bridgehead atoms. The standard InChI is InChI=1S/C10H15N3O3S/c14-9(15)6-17-10-12-11-7-13(10)5-8-3-1-2-4-16-8/h7-8H,1-6H2,(H,14,15).